The molecule has 0 fully saturated rings. The molecule has 3 rings (SSSR count). The molecule has 0 bridgehead atoms. The minimum absolute atomic E-state index is 0.0367. The van der Waals surface area contributed by atoms with Crippen LogP contribution in [0, 0.1) is 5.41 Å². The lowest BCUT2D eigenvalue weighted by molar-refractivity contribution is -0.136. The molecule has 5 heteroatoms. The van der Waals surface area contributed by atoms with Crippen LogP contribution in [0.5, 0.6) is 0 Å². The molecule has 0 saturated carbocycles. The number of nitrogens with two attached hydrogens (primary N) is 1. The number of aryl methyl sites for hydroxylation is 1. The van der Waals surface area contributed by atoms with Gasteiger partial charge in [0, 0.05) is 23.1 Å². The van der Waals surface area contributed by atoms with Crippen molar-refractivity contribution in [3.05, 3.63) is 71.8 Å². The van der Waals surface area contributed by atoms with Crippen molar-refractivity contribution >= 4 is 11.8 Å². The van der Waals surface area contributed by atoms with Crippen molar-refractivity contribution in [3.8, 4) is 22.6 Å². The first-order valence-electron chi connectivity index (χ1n) is 7.89. The molecule has 0 radical (unpaired) electrons. The Morgan fingerprint density at radius 1 is 0.920 bits per heavy atom. The topological polar surface area (TPSA) is 100 Å². The van der Waals surface area contributed by atoms with Gasteiger partial charge in [-0.15, -0.1) is 0 Å². The van der Waals surface area contributed by atoms with E-state index in [2.05, 4.69) is 0 Å². The van der Waals surface area contributed by atoms with E-state index in [1.165, 1.54) is 0 Å². The van der Waals surface area contributed by atoms with Crippen LogP contribution in [0.25, 0.3) is 22.6 Å². The molecular formula is C20H18N2O3. The highest BCUT2D eigenvalue weighted by molar-refractivity contribution is 5.95. The Hall–Kier alpha value is -3.34. The summed E-state index contributed by atoms with van der Waals surface area (Å²) in [5.74, 6) is 0.723. The van der Waals surface area contributed by atoms with Gasteiger partial charge in [0.1, 0.15) is 17.4 Å². The number of carboxylic acid groups (broad SMARTS) is 1. The second kappa shape index (κ2) is 7.05. The molecule has 0 aliphatic heterocycles. The van der Waals surface area contributed by atoms with Crippen molar-refractivity contribution in [2.24, 2.45) is 5.73 Å². The molecule has 3 aromatic rings. The van der Waals surface area contributed by atoms with Crippen molar-refractivity contribution < 1.29 is 14.3 Å². The lowest BCUT2D eigenvalue weighted by Crippen LogP contribution is -2.10. The van der Waals surface area contributed by atoms with Crippen LogP contribution in [0.15, 0.2) is 65.1 Å². The maximum atomic E-state index is 10.6. The van der Waals surface area contributed by atoms with Crippen LogP contribution < -0.4 is 5.73 Å². The molecule has 4 N–H and O–H groups in total. The Morgan fingerprint density at radius 2 is 1.44 bits per heavy atom. The molecule has 0 amide bonds. The molecule has 126 valence electrons. The van der Waals surface area contributed by atoms with Crippen LogP contribution in [-0.4, -0.2) is 16.9 Å². The smallest absolute Gasteiger partial charge is 0.303 e. The fourth-order valence-corrected chi connectivity index (χ4v) is 2.55. The van der Waals surface area contributed by atoms with E-state index in [0.717, 1.165) is 28.2 Å². The third-order valence-electron chi connectivity index (χ3n) is 3.95. The number of amidine groups is 1. The molecule has 0 saturated heterocycles. The number of nitrogens with one attached hydrogen (secondary N) is 1. The average molecular weight is 334 g/mol. The van der Waals surface area contributed by atoms with Gasteiger partial charge in [-0.2, -0.15) is 0 Å². The summed E-state index contributed by atoms with van der Waals surface area (Å²) in [6.45, 7) is 0. The number of furan rings is 1. The Morgan fingerprint density at radius 3 is 1.92 bits per heavy atom. The van der Waals surface area contributed by atoms with E-state index in [-0.39, 0.29) is 12.3 Å². The zero-order valence-electron chi connectivity index (χ0n) is 13.5. The Bertz CT molecular complexity index is 893. The summed E-state index contributed by atoms with van der Waals surface area (Å²) < 4.78 is 5.92. The fraction of sp³-hybridized carbons (Fsp3) is 0.100. The van der Waals surface area contributed by atoms with Gasteiger partial charge in [-0.25, -0.2) is 0 Å². The molecular weight excluding hydrogens is 316 g/mol. The lowest BCUT2D eigenvalue weighted by Gasteiger charge is -2.02. The molecule has 5 nitrogen and oxygen atoms in total. The predicted molar refractivity (Wildman–Crippen MR) is 96.6 cm³/mol. The van der Waals surface area contributed by atoms with Gasteiger partial charge in [-0.1, -0.05) is 48.5 Å². The van der Waals surface area contributed by atoms with Gasteiger partial charge in [0.05, 0.1) is 0 Å². The maximum Gasteiger partial charge on any atom is 0.303 e. The predicted octanol–water partition coefficient (Wildman–Crippen LogP) is 3.91. The van der Waals surface area contributed by atoms with E-state index in [4.69, 9.17) is 20.7 Å². The Kier molecular flexibility index (Phi) is 4.66. The third kappa shape index (κ3) is 3.95. The lowest BCUT2D eigenvalue weighted by atomic mass is 10.1. The SMILES string of the molecule is N=C(N)c1ccc(-c2ccc(-c3ccc(CCC(=O)O)cc3)o2)cc1. The highest BCUT2D eigenvalue weighted by Gasteiger charge is 2.08. The van der Waals surface area contributed by atoms with Crippen molar-refractivity contribution in [1.82, 2.24) is 0 Å². The third-order valence-corrected chi connectivity index (χ3v) is 3.95. The summed E-state index contributed by atoms with van der Waals surface area (Å²) in [5.41, 5.74) is 8.96. The summed E-state index contributed by atoms with van der Waals surface area (Å²) >= 11 is 0. The van der Waals surface area contributed by atoms with Crippen molar-refractivity contribution in [3.63, 3.8) is 0 Å². The Balaban J connectivity index is 1.76. The molecule has 0 spiro atoms. The van der Waals surface area contributed by atoms with Crippen molar-refractivity contribution in [2.75, 3.05) is 0 Å². The fourth-order valence-electron chi connectivity index (χ4n) is 2.55. The molecule has 0 aliphatic rings. The molecule has 25 heavy (non-hydrogen) atoms. The molecule has 0 aliphatic carbocycles. The molecule has 1 aromatic heterocycles. The van der Waals surface area contributed by atoms with Crippen LogP contribution in [0.1, 0.15) is 17.5 Å². The van der Waals surface area contributed by atoms with Gasteiger partial charge < -0.3 is 15.3 Å². The van der Waals surface area contributed by atoms with Gasteiger partial charge in [0.25, 0.3) is 0 Å². The van der Waals surface area contributed by atoms with Crippen molar-refractivity contribution in [2.45, 2.75) is 12.8 Å². The minimum atomic E-state index is -0.796. The molecule has 1 heterocycles. The second-order valence-corrected chi connectivity index (χ2v) is 5.75. The van der Waals surface area contributed by atoms with E-state index in [9.17, 15) is 4.79 Å². The first-order valence-corrected chi connectivity index (χ1v) is 7.89. The zero-order chi connectivity index (χ0) is 17.8. The summed E-state index contributed by atoms with van der Waals surface area (Å²) in [7, 11) is 0. The minimum Gasteiger partial charge on any atom is -0.481 e. The van der Waals surface area contributed by atoms with Crippen LogP contribution in [0.2, 0.25) is 0 Å². The van der Waals surface area contributed by atoms with Crippen LogP contribution in [-0.2, 0) is 11.2 Å². The van der Waals surface area contributed by atoms with Gasteiger partial charge in [-0.3, -0.25) is 10.2 Å². The standard InChI is InChI=1S/C20H18N2O3/c21-20(22)16-8-6-15(7-9-16)18-11-10-17(25-18)14-4-1-13(2-5-14)3-12-19(23)24/h1-2,4-11H,3,12H2,(H3,21,22)(H,23,24). The number of aliphatic carboxylic acids is 1. The second-order valence-electron chi connectivity index (χ2n) is 5.75. The summed E-state index contributed by atoms with van der Waals surface area (Å²) in [6, 6.07) is 18.8. The molecule has 2 aromatic carbocycles. The highest BCUT2D eigenvalue weighted by atomic mass is 16.4. The van der Waals surface area contributed by atoms with Crippen LogP contribution >= 0.6 is 0 Å². The van der Waals surface area contributed by atoms with E-state index >= 15 is 0 Å². The van der Waals surface area contributed by atoms with Crippen LogP contribution in [0.4, 0.5) is 0 Å². The quantitative estimate of drug-likeness (QED) is 0.470. The summed E-state index contributed by atoms with van der Waals surface area (Å²) in [6.07, 6.45) is 0.641. The molecule has 0 unspecified atom stereocenters. The van der Waals surface area contributed by atoms with Crippen LogP contribution in [0.3, 0.4) is 0 Å². The number of rotatable bonds is 6. The average Bonchev–Trinajstić information content (AvgIpc) is 3.10. The number of benzene rings is 2. The first kappa shape index (κ1) is 16.5. The molecule has 0 atom stereocenters. The number of carboxylic acids is 1. The van der Waals surface area contributed by atoms with Gasteiger partial charge in [-0.05, 0) is 24.1 Å². The number of hydrogen-bond donors (Lipinski definition) is 3. The maximum absolute atomic E-state index is 10.6. The number of carbonyl (C=O) groups is 1. The number of hydrogen-bond acceptors (Lipinski definition) is 3. The zero-order valence-corrected chi connectivity index (χ0v) is 13.5. The number of nitrogen functional groups attached to an aromatic ring is 1. The highest BCUT2D eigenvalue weighted by Crippen LogP contribution is 2.29. The van der Waals surface area contributed by atoms with Gasteiger partial charge in [0.2, 0.25) is 0 Å². The van der Waals surface area contributed by atoms with Gasteiger partial charge >= 0.3 is 5.97 Å². The van der Waals surface area contributed by atoms with E-state index in [1.54, 1.807) is 12.1 Å². The van der Waals surface area contributed by atoms with Gasteiger partial charge in [0.15, 0.2) is 0 Å². The van der Waals surface area contributed by atoms with E-state index < -0.39 is 5.97 Å². The van der Waals surface area contributed by atoms with E-state index in [0.29, 0.717) is 12.0 Å². The summed E-state index contributed by atoms with van der Waals surface area (Å²) in [4.78, 5) is 10.6. The van der Waals surface area contributed by atoms with Crippen molar-refractivity contribution in [1.29, 1.82) is 5.41 Å². The normalized spacial score (nSPS) is 10.6. The Labute approximate surface area is 145 Å². The summed E-state index contributed by atoms with van der Waals surface area (Å²) in [5, 5.41) is 16.2. The van der Waals surface area contributed by atoms with E-state index in [1.807, 2.05) is 48.5 Å². The first-order chi connectivity index (χ1) is 12.0. The largest absolute Gasteiger partial charge is 0.481 e. The monoisotopic (exact) mass is 334 g/mol.